The molecule has 2 heterocycles. The summed E-state index contributed by atoms with van der Waals surface area (Å²) in [4.78, 5) is 14.5. The number of aromatic nitrogens is 1. The lowest BCUT2D eigenvalue weighted by atomic mass is 9.99. The summed E-state index contributed by atoms with van der Waals surface area (Å²) >= 11 is 13.0. The van der Waals surface area contributed by atoms with Crippen LogP contribution in [0.5, 0.6) is 0 Å². The number of hydrogen-bond donors (Lipinski definition) is 3. The van der Waals surface area contributed by atoms with E-state index in [9.17, 15) is 9.90 Å². The van der Waals surface area contributed by atoms with Crippen LogP contribution in [-0.4, -0.2) is 22.5 Å². The zero-order valence-corrected chi connectivity index (χ0v) is 12.4. The molecule has 0 aliphatic rings. The Morgan fingerprint density at radius 2 is 2.32 bits per heavy atom. The number of aliphatic hydroxyl groups is 1. The first-order valence-electron chi connectivity index (χ1n) is 5.47. The highest BCUT2D eigenvalue weighted by atomic mass is 35.5. The minimum Gasteiger partial charge on any atom is -0.384 e. The Kier molecular flexibility index (Phi) is 4.20. The van der Waals surface area contributed by atoms with Crippen LogP contribution in [0, 0.1) is 0 Å². The number of aromatic amines is 1. The molecule has 0 bridgehead atoms. The van der Waals surface area contributed by atoms with E-state index < -0.39 is 5.60 Å². The van der Waals surface area contributed by atoms with Crippen LogP contribution in [0.15, 0.2) is 22.9 Å². The average Bonchev–Trinajstić information content (AvgIpc) is 2.98. The van der Waals surface area contributed by atoms with Crippen LogP contribution in [0.3, 0.4) is 0 Å². The van der Waals surface area contributed by atoms with Crippen molar-refractivity contribution in [3.05, 3.63) is 44.3 Å². The number of halogens is 2. The van der Waals surface area contributed by atoms with Crippen LogP contribution in [0.2, 0.25) is 10.2 Å². The van der Waals surface area contributed by atoms with Crippen molar-refractivity contribution in [3.8, 4) is 0 Å². The Balaban J connectivity index is 2.01. The molecule has 0 aliphatic carbocycles. The van der Waals surface area contributed by atoms with Crippen molar-refractivity contribution in [1.82, 2.24) is 10.3 Å². The molecule has 0 unspecified atom stereocenters. The van der Waals surface area contributed by atoms with Crippen LogP contribution in [0.25, 0.3) is 0 Å². The van der Waals surface area contributed by atoms with Crippen molar-refractivity contribution in [2.75, 3.05) is 6.54 Å². The summed E-state index contributed by atoms with van der Waals surface area (Å²) in [6.45, 7) is 1.74. The van der Waals surface area contributed by atoms with Gasteiger partial charge in [0.15, 0.2) is 0 Å². The molecule has 0 fully saturated rings. The van der Waals surface area contributed by atoms with Gasteiger partial charge in [-0.15, -0.1) is 0 Å². The van der Waals surface area contributed by atoms with E-state index in [1.54, 1.807) is 6.92 Å². The predicted octanol–water partition coefficient (Wildman–Crippen LogP) is 3.02. The van der Waals surface area contributed by atoms with Gasteiger partial charge in [-0.25, -0.2) is 0 Å². The van der Waals surface area contributed by atoms with Gasteiger partial charge < -0.3 is 15.4 Å². The molecule has 102 valence electrons. The topological polar surface area (TPSA) is 65.1 Å². The highest BCUT2D eigenvalue weighted by molar-refractivity contribution is 7.08. The molecule has 1 atom stereocenters. The molecule has 3 N–H and O–H groups in total. The van der Waals surface area contributed by atoms with Gasteiger partial charge in [-0.1, -0.05) is 23.2 Å². The van der Waals surface area contributed by atoms with Crippen LogP contribution >= 0.6 is 34.5 Å². The SMILES string of the molecule is C[C@](O)(CNC(=O)c1cc(Cl)c(Cl)[nH]1)c1ccsc1. The molecule has 0 saturated heterocycles. The zero-order chi connectivity index (χ0) is 14.0. The third kappa shape index (κ3) is 3.30. The number of nitrogens with one attached hydrogen (secondary N) is 2. The van der Waals surface area contributed by atoms with Gasteiger partial charge in [0.25, 0.3) is 5.91 Å². The Hall–Kier alpha value is -1.01. The second-order valence-corrected chi connectivity index (χ2v) is 5.88. The molecule has 2 aromatic rings. The summed E-state index contributed by atoms with van der Waals surface area (Å²) in [5.74, 6) is -0.371. The van der Waals surface area contributed by atoms with Crippen LogP contribution in [-0.2, 0) is 5.60 Å². The fourth-order valence-corrected chi connectivity index (χ4v) is 2.64. The predicted molar refractivity (Wildman–Crippen MR) is 77.0 cm³/mol. The van der Waals surface area contributed by atoms with E-state index in [4.69, 9.17) is 23.2 Å². The largest absolute Gasteiger partial charge is 0.384 e. The molecule has 2 rings (SSSR count). The number of carbonyl (C=O) groups is 1. The van der Waals surface area contributed by atoms with Crippen molar-refractivity contribution in [1.29, 1.82) is 0 Å². The van der Waals surface area contributed by atoms with E-state index >= 15 is 0 Å². The number of rotatable bonds is 4. The maximum absolute atomic E-state index is 11.9. The standard InChI is InChI=1S/C12H12Cl2N2O2S/c1-12(18,7-2-3-19-5-7)6-15-11(17)9-4-8(13)10(14)16-9/h2-5,16,18H,6H2,1H3,(H,15,17)/t12-/m0/s1. The first-order valence-corrected chi connectivity index (χ1v) is 7.17. The maximum atomic E-state index is 11.9. The number of hydrogen-bond acceptors (Lipinski definition) is 3. The molecular formula is C12H12Cl2N2O2S. The molecule has 4 nitrogen and oxygen atoms in total. The van der Waals surface area contributed by atoms with E-state index in [1.807, 2.05) is 16.8 Å². The Labute approximate surface area is 124 Å². The van der Waals surface area contributed by atoms with Crippen molar-refractivity contribution in [3.63, 3.8) is 0 Å². The lowest BCUT2D eigenvalue weighted by Gasteiger charge is -2.22. The van der Waals surface area contributed by atoms with Crippen LogP contribution < -0.4 is 5.32 Å². The summed E-state index contributed by atoms with van der Waals surface area (Å²) in [6.07, 6.45) is 0. The van der Waals surface area contributed by atoms with Gasteiger partial charge in [0, 0.05) is 0 Å². The molecule has 7 heteroatoms. The van der Waals surface area contributed by atoms with Crippen LogP contribution in [0.1, 0.15) is 23.0 Å². The fourth-order valence-electron chi connectivity index (χ4n) is 1.55. The number of amides is 1. The van der Waals surface area contributed by atoms with Gasteiger partial charge in [0.05, 0.1) is 11.6 Å². The molecule has 0 spiro atoms. The summed E-state index contributed by atoms with van der Waals surface area (Å²) in [6, 6.07) is 3.26. The molecule has 2 aromatic heterocycles. The molecule has 1 amide bonds. The number of thiophene rings is 1. The number of carbonyl (C=O) groups excluding carboxylic acids is 1. The number of H-pyrrole nitrogens is 1. The molecule has 19 heavy (non-hydrogen) atoms. The second kappa shape index (κ2) is 5.54. The monoisotopic (exact) mass is 318 g/mol. The normalized spacial score (nSPS) is 14.1. The first-order chi connectivity index (χ1) is 8.90. The van der Waals surface area contributed by atoms with Crippen molar-refractivity contribution in [2.24, 2.45) is 0 Å². The van der Waals surface area contributed by atoms with Gasteiger partial charge in [0.2, 0.25) is 0 Å². The molecular weight excluding hydrogens is 307 g/mol. The second-order valence-electron chi connectivity index (χ2n) is 4.31. The molecule has 0 saturated carbocycles. The Morgan fingerprint density at radius 1 is 1.58 bits per heavy atom. The summed E-state index contributed by atoms with van der Waals surface area (Å²) in [7, 11) is 0. The minimum atomic E-state index is -1.12. The van der Waals surface area contributed by atoms with E-state index in [1.165, 1.54) is 17.4 Å². The zero-order valence-electron chi connectivity index (χ0n) is 10.0. The molecule has 0 radical (unpaired) electrons. The van der Waals surface area contributed by atoms with Crippen LogP contribution in [0.4, 0.5) is 0 Å². The highest BCUT2D eigenvalue weighted by Crippen LogP contribution is 2.23. The van der Waals surface area contributed by atoms with Crippen molar-refractivity contribution >= 4 is 40.4 Å². The third-order valence-corrected chi connectivity index (χ3v) is 4.08. The first kappa shape index (κ1) is 14.4. The minimum absolute atomic E-state index is 0.0941. The Morgan fingerprint density at radius 3 is 2.84 bits per heavy atom. The van der Waals surface area contributed by atoms with Gasteiger partial charge in [-0.3, -0.25) is 4.79 Å². The maximum Gasteiger partial charge on any atom is 0.267 e. The molecule has 0 aliphatic heterocycles. The van der Waals surface area contributed by atoms with E-state index in [-0.39, 0.29) is 28.3 Å². The lowest BCUT2D eigenvalue weighted by Crippen LogP contribution is -2.38. The summed E-state index contributed by atoms with van der Waals surface area (Å²) in [5.41, 5.74) is -0.0907. The van der Waals surface area contributed by atoms with Crippen molar-refractivity contribution in [2.45, 2.75) is 12.5 Å². The Bertz CT molecular complexity index is 559. The average molecular weight is 319 g/mol. The third-order valence-electron chi connectivity index (χ3n) is 2.71. The van der Waals surface area contributed by atoms with Gasteiger partial charge in [-0.2, -0.15) is 11.3 Å². The van der Waals surface area contributed by atoms with Gasteiger partial charge in [0.1, 0.15) is 16.4 Å². The summed E-state index contributed by atoms with van der Waals surface area (Å²) < 4.78 is 0. The van der Waals surface area contributed by atoms with Gasteiger partial charge >= 0.3 is 0 Å². The fraction of sp³-hybridized carbons (Fsp3) is 0.250. The van der Waals surface area contributed by atoms with E-state index in [0.717, 1.165) is 5.56 Å². The molecule has 0 aromatic carbocycles. The van der Waals surface area contributed by atoms with Gasteiger partial charge in [-0.05, 0) is 35.4 Å². The van der Waals surface area contributed by atoms with E-state index in [2.05, 4.69) is 10.3 Å². The summed E-state index contributed by atoms with van der Waals surface area (Å²) in [5, 5.41) is 17.1. The smallest absolute Gasteiger partial charge is 0.267 e. The lowest BCUT2D eigenvalue weighted by molar-refractivity contribution is 0.0529. The quantitative estimate of drug-likeness (QED) is 0.811. The highest BCUT2D eigenvalue weighted by Gasteiger charge is 2.24. The van der Waals surface area contributed by atoms with Crippen molar-refractivity contribution < 1.29 is 9.90 Å². The van der Waals surface area contributed by atoms with E-state index in [0.29, 0.717) is 0 Å².